The Bertz CT molecular complexity index is 172. The first-order valence-corrected chi connectivity index (χ1v) is 3.61. The topological polar surface area (TPSA) is 0 Å². The maximum atomic E-state index is 12.2. The second kappa shape index (κ2) is 2.49. The molecular weight excluding hydrogens is 185 g/mol. The Morgan fingerprint density at radius 3 is 1.78 bits per heavy atom. The summed E-state index contributed by atoms with van der Waals surface area (Å²) in [7, 11) is 0. The first kappa shape index (κ1) is 6.75. The van der Waals surface area contributed by atoms with E-state index < -0.39 is 11.6 Å². The van der Waals surface area contributed by atoms with Gasteiger partial charge < -0.3 is 0 Å². The molecule has 3 heteroatoms. The van der Waals surface area contributed by atoms with Crippen molar-refractivity contribution in [1.82, 2.24) is 0 Å². The summed E-state index contributed by atoms with van der Waals surface area (Å²) in [4.78, 5) is 0. The maximum absolute atomic E-state index is 12.2. The minimum absolute atomic E-state index is 0.505. The van der Waals surface area contributed by atoms with Crippen molar-refractivity contribution in [3.63, 3.8) is 0 Å². The molecule has 0 radical (unpaired) electrons. The van der Waals surface area contributed by atoms with Gasteiger partial charge in [0.05, 0.1) is 0 Å². The van der Waals surface area contributed by atoms with E-state index in [0.29, 0.717) is 4.35 Å². The van der Waals surface area contributed by atoms with Crippen molar-refractivity contribution < 1.29 is 8.78 Å². The SMILES string of the molecule is Fc1cc(F)cc([AsH2])c1. The number of hydrogen-bond acceptors (Lipinski definition) is 0. The number of halogens is 2. The van der Waals surface area contributed by atoms with Gasteiger partial charge in [-0.15, -0.1) is 0 Å². The molecule has 0 heterocycles. The first-order valence-electron chi connectivity index (χ1n) is 2.40. The van der Waals surface area contributed by atoms with Crippen LogP contribution in [-0.2, 0) is 0 Å². The van der Waals surface area contributed by atoms with Crippen LogP contribution in [0.15, 0.2) is 18.2 Å². The van der Waals surface area contributed by atoms with Crippen LogP contribution in [0, 0.1) is 11.6 Å². The average Bonchev–Trinajstić information content (AvgIpc) is 1.59. The van der Waals surface area contributed by atoms with Crippen molar-refractivity contribution in [2.45, 2.75) is 0 Å². The van der Waals surface area contributed by atoms with E-state index in [1.165, 1.54) is 29.0 Å². The fourth-order valence-electron chi connectivity index (χ4n) is 0.575. The molecule has 0 aromatic heterocycles. The van der Waals surface area contributed by atoms with Crippen LogP contribution in [0.25, 0.3) is 0 Å². The van der Waals surface area contributed by atoms with Gasteiger partial charge in [0.1, 0.15) is 0 Å². The third-order valence-electron chi connectivity index (χ3n) is 0.885. The molecule has 0 aliphatic rings. The summed E-state index contributed by atoms with van der Waals surface area (Å²) >= 11 is 1.22. The van der Waals surface area contributed by atoms with E-state index in [-0.39, 0.29) is 0 Å². The molecule has 1 aromatic rings. The van der Waals surface area contributed by atoms with E-state index in [0.717, 1.165) is 6.07 Å². The molecule has 0 spiro atoms. The Balaban J connectivity index is 3.17. The summed E-state index contributed by atoms with van der Waals surface area (Å²) in [5.74, 6) is -1.01. The van der Waals surface area contributed by atoms with Gasteiger partial charge in [-0.3, -0.25) is 0 Å². The zero-order valence-electron chi connectivity index (χ0n) is 4.57. The monoisotopic (exact) mass is 190 g/mol. The van der Waals surface area contributed by atoms with Gasteiger partial charge in [-0.2, -0.15) is 0 Å². The fraction of sp³-hybridized carbons (Fsp3) is 0. The Morgan fingerprint density at radius 1 is 1.00 bits per heavy atom. The van der Waals surface area contributed by atoms with Crippen LogP contribution in [0.3, 0.4) is 0 Å². The molecule has 0 aliphatic carbocycles. The molecule has 48 valence electrons. The Kier molecular flexibility index (Phi) is 1.87. The molecule has 9 heavy (non-hydrogen) atoms. The average molecular weight is 190 g/mol. The van der Waals surface area contributed by atoms with Crippen LogP contribution < -0.4 is 4.35 Å². The third-order valence-corrected chi connectivity index (χ3v) is 1.58. The van der Waals surface area contributed by atoms with E-state index in [1.807, 2.05) is 0 Å². The van der Waals surface area contributed by atoms with Crippen LogP contribution in [0.2, 0.25) is 0 Å². The van der Waals surface area contributed by atoms with Gasteiger partial charge in [0.15, 0.2) is 0 Å². The van der Waals surface area contributed by atoms with Gasteiger partial charge in [-0.25, -0.2) is 0 Å². The Labute approximate surface area is 60.4 Å². The summed E-state index contributed by atoms with van der Waals surface area (Å²) in [5.41, 5.74) is 0. The van der Waals surface area contributed by atoms with Crippen LogP contribution in [0.1, 0.15) is 0 Å². The zero-order chi connectivity index (χ0) is 6.85. The van der Waals surface area contributed by atoms with Crippen LogP contribution in [0.4, 0.5) is 8.78 Å². The molecular formula is C6H5AsF2. The second-order valence-electron chi connectivity index (χ2n) is 1.70. The first-order chi connectivity index (χ1) is 4.18. The van der Waals surface area contributed by atoms with Gasteiger partial charge in [0, 0.05) is 0 Å². The Morgan fingerprint density at radius 2 is 1.44 bits per heavy atom. The van der Waals surface area contributed by atoms with E-state index in [2.05, 4.69) is 0 Å². The van der Waals surface area contributed by atoms with E-state index in [4.69, 9.17) is 0 Å². The standard InChI is InChI=1S/C6H5AsF2/c7-4-1-5(8)3-6(9)2-4/h1-3H,7H2. The van der Waals surface area contributed by atoms with E-state index in [9.17, 15) is 8.78 Å². The van der Waals surface area contributed by atoms with Gasteiger partial charge in [-0.1, -0.05) is 0 Å². The quantitative estimate of drug-likeness (QED) is 0.513. The van der Waals surface area contributed by atoms with E-state index in [1.54, 1.807) is 0 Å². The summed E-state index contributed by atoms with van der Waals surface area (Å²) < 4.78 is 25.1. The number of benzene rings is 1. The molecule has 0 nitrogen and oxygen atoms in total. The molecule has 1 rings (SSSR count). The summed E-state index contributed by atoms with van der Waals surface area (Å²) in [6, 6.07) is 3.48. The van der Waals surface area contributed by atoms with Crippen molar-refractivity contribution >= 4 is 21.2 Å². The van der Waals surface area contributed by atoms with Gasteiger partial charge in [0.2, 0.25) is 0 Å². The van der Waals surface area contributed by atoms with Crippen molar-refractivity contribution in [3.05, 3.63) is 29.8 Å². The minimum atomic E-state index is -0.505. The molecule has 1 atom stereocenters. The van der Waals surface area contributed by atoms with Gasteiger partial charge in [0.25, 0.3) is 0 Å². The van der Waals surface area contributed by atoms with Crippen LogP contribution in [0.5, 0.6) is 0 Å². The molecule has 1 aromatic carbocycles. The molecule has 1 unspecified atom stereocenters. The second-order valence-corrected chi connectivity index (χ2v) is 3.10. The fourth-order valence-corrected chi connectivity index (χ4v) is 1.24. The van der Waals surface area contributed by atoms with Crippen molar-refractivity contribution in [3.8, 4) is 0 Å². The van der Waals surface area contributed by atoms with Gasteiger partial charge >= 0.3 is 59.8 Å². The summed E-state index contributed by atoms with van der Waals surface area (Å²) in [6.07, 6.45) is 0. The third kappa shape index (κ3) is 1.79. The normalized spacial score (nSPS) is 9.67. The van der Waals surface area contributed by atoms with E-state index >= 15 is 0 Å². The van der Waals surface area contributed by atoms with Crippen molar-refractivity contribution in [2.75, 3.05) is 0 Å². The van der Waals surface area contributed by atoms with Crippen molar-refractivity contribution in [1.29, 1.82) is 0 Å². The summed E-state index contributed by atoms with van der Waals surface area (Å²) in [6.45, 7) is 0. The zero-order valence-corrected chi connectivity index (χ0v) is 6.99. The Hall–Kier alpha value is -0.362. The molecule has 0 aliphatic heterocycles. The molecule has 0 fully saturated rings. The van der Waals surface area contributed by atoms with Gasteiger partial charge in [-0.05, 0) is 0 Å². The predicted molar refractivity (Wildman–Crippen MR) is 34.5 cm³/mol. The number of hydrogen-bond donors (Lipinski definition) is 0. The molecule has 0 amide bonds. The molecule has 0 N–H and O–H groups in total. The number of rotatable bonds is 0. The molecule has 0 saturated carbocycles. The molecule has 0 saturated heterocycles. The van der Waals surface area contributed by atoms with Crippen LogP contribution >= 0.6 is 0 Å². The van der Waals surface area contributed by atoms with Crippen molar-refractivity contribution in [2.24, 2.45) is 0 Å². The molecule has 0 bridgehead atoms. The predicted octanol–water partition coefficient (Wildman–Crippen LogP) is 0.223. The summed E-state index contributed by atoms with van der Waals surface area (Å²) in [5, 5.41) is 0. The van der Waals surface area contributed by atoms with Crippen LogP contribution in [-0.4, -0.2) is 16.9 Å².